The molecule has 0 aromatic carbocycles. The highest BCUT2D eigenvalue weighted by Crippen LogP contribution is 2.42. The third kappa shape index (κ3) is 1.71. The van der Waals surface area contributed by atoms with Gasteiger partial charge in [0, 0.05) is 11.0 Å². The van der Waals surface area contributed by atoms with Gasteiger partial charge in [-0.25, -0.2) is 0 Å². The summed E-state index contributed by atoms with van der Waals surface area (Å²) in [6, 6.07) is 0. The number of ketones is 1. The summed E-state index contributed by atoms with van der Waals surface area (Å²) in [5.41, 5.74) is 1.10. The van der Waals surface area contributed by atoms with Crippen LogP contribution in [0.15, 0.2) is 11.6 Å². The van der Waals surface area contributed by atoms with Gasteiger partial charge in [0.1, 0.15) is 0 Å². The topological polar surface area (TPSA) is 17.1 Å². The van der Waals surface area contributed by atoms with E-state index in [1.165, 1.54) is 30.9 Å². The summed E-state index contributed by atoms with van der Waals surface area (Å²) in [5.74, 6) is 0.722. The highest BCUT2D eigenvalue weighted by Gasteiger charge is 2.38. The van der Waals surface area contributed by atoms with Crippen LogP contribution in [0.4, 0.5) is 0 Å². The molecule has 0 N–H and O–H groups in total. The van der Waals surface area contributed by atoms with Gasteiger partial charge in [-0.05, 0) is 24.8 Å². The molecule has 1 rings (SSSR count). The highest BCUT2D eigenvalue weighted by molar-refractivity contribution is 6.27. The van der Waals surface area contributed by atoms with Crippen LogP contribution in [-0.2, 0) is 4.79 Å². The van der Waals surface area contributed by atoms with Crippen LogP contribution in [0, 0.1) is 11.3 Å². The quantitative estimate of drug-likeness (QED) is 0.619. The van der Waals surface area contributed by atoms with E-state index in [1.54, 1.807) is 0 Å². The highest BCUT2D eigenvalue weighted by atomic mass is 35.5. The third-order valence-electron chi connectivity index (χ3n) is 2.98. The van der Waals surface area contributed by atoms with E-state index in [-0.39, 0.29) is 11.2 Å². The molecular formula is C10H15ClO. The minimum absolute atomic E-state index is 0.155. The lowest BCUT2D eigenvalue weighted by molar-refractivity contribution is -0.126. The zero-order valence-electron chi connectivity index (χ0n) is 7.64. The van der Waals surface area contributed by atoms with Gasteiger partial charge in [0.15, 0.2) is 5.78 Å². The minimum Gasteiger partial charge on any atom is -0.294 e. The van der Waals surface area contributed by atoms with E-state index in [9.17, 15) is 4.79 Å². The molecule has 0 amide bonds. The van der Waals surface area contributed by atoms with Gasteiger partial charge in [-0.3, -0.25) is 4.79 Å². The predicted molar refractivity (Wildman–Crippen MR) is 51.1 cm³/mol. The van der Waals surface area contributed by atoms with Gasteiger partial charge in [-0.15, -0.1) is 0 Å². The van der Waals surface area contributed by atoms with Gasteiger partial charge in [-0.1, -0.05) is 31.9 Å². The van der Waals surface area contributed by atoms with Gasteiger partial charge >= 0.3 is 0 Å². The largest absolute Gasteiger partial charge is 0.294 e. The standard InChI is InChI=1S/C10H15ClO/c1-10(2,8-4-3-5-8)9(12)6-7-11/h6-8H,3-5H2,1-2H3/b7-6+. The van der Waals surface area contributed by atoms with E-state index in [0.717, 1.165) is 0 Å². The molecule has 2 heteroatoms. The molecule has 0 spiro atoms. The number of halogens is 1. The molecule has 0 saturated heterocycles. The van der Waals surface area contributed by atoms with E-state index in [2.05, 4.69) is 0 Å². The fraction of sp³-hybridized carbons (Fsp3) is 0.700. The number of carbonyl (C=O) groups is 1. The molecule has 0 bridgehead atoms. The second kappa shape index (κ2) is 3.61. The normalized spacial score (nSPS) is 19.6. The first-order chi connectivity index (χ1) is 5.59. The van der Waals surface area contributed by atoms with Crippen molar-refractivity contribution in [3.8, 4) is 0 Å². The van der Waals surface area contributed by atoms with Crippen molar-refractivity contribution < 1.29 is 4.79 Å². The summed E-state index contributed by atoms with van der Waals surface area (Å²) in [7, 11) is 0. The molecule has 1 aliphatic rings. The van der Waals surface area contributed by atoms with Gasteiger partial charge < -0.3 is 0 Å². The monoisotopic (exact) mass is 186 g/mol. The summed E-state index contributed by atoms with van der Waals surface area (Å²) in [6.45, 7) is 4.02. The Morgan fingerprint density at radius 3 is 2.42 bits per heavy atom. The van der Waals surface area contributed by atoms with Crippen molar-refractivity contribution in [1.82, 2.24) is 0 Å². The Morgan fingerprint density at radius 1 is 1.50 bits per heavy atom. The lowest BCUT2D eigenvalue weighted by Crippen LogP contribution is -2.35. The molecule has 0 aliphatic heterocycles. The van der Waals surface area contributed by atoms with Crippen LogP contribution in [0.5, 0.6) is 0 Å². The fourth-order valence-electron chi connectivity index (χ4n) is 1.60. The molecule has 0 heterocycles. The third-order valence-corrected chi connectivity index (χ3v) is 3.10. The molecule has 0 aromatic rings. The fourth-order valence-corrected chi connectivity index (χ4v) is 1.72. The zero-order valence-corrected chi connectivity index (χ0v) is 8.40. The van der Waals surface area contributed by atoms with Crippen molar-refractivity contribution in [2.24, 2.45) is 11.3 Å². The van der Waals surface area contributed by atoms with Crippen LogP contribution in [0.1, 0.15) is 33.1 Å². The number of hydrogen-bond acceptors (Lipinski definition) is 1. The average molecular weight is 187 g/mol. The first-order valence-electron chi connectivity index (χ1n) is 4.40. The molecule has 1 saturated carbocycles. The van der Waals surface area contributed by atoms with Crippen LogP contribution in [-0.4, -0.2) is 5.78 Å². The molecular weight excluding hydrogens is 172 g/mol. The Bertz CT molecular complexity index is 202. The first kappa shape index (κ1) is 9.79. The van der Waals surface area contributed by atoms with Crippen LogP contribution < -0.4 is 0 Å². The second-order valence-corrected chi connectivity index (χ2v) is 4.26. The molecule has 0 aromatic heterocycles. The van der Waals surface area contributed by atoms with Crippen molar-refractivity contribution in [1.29, 1.82) is 0 Å². The Balaban J connectivity index is 2.62. The number of hydrogen-bond donors (Lipinski definition) is 0. The van der Waals surface area contributed by atoms with Crippen LogP contribution in [0.25, 0.3) is 0 Å². The SMILES string of the molecule is CC(C)(C(=O)/C=C/Cl)C1CCC1. The van der Waals surface area contributed by atoms with E-state index in [1.807, 2.05) is 13.8 Å². The summed E-state index contributed by atoms with van der Waals surface area (Å²) in [4.78, 5) is 11.5. The van der Waals surface area contributed by atoms with E-state index in [4.69, 9.17) is 11.6 Å². The van der Waals surface area contributed by atoms with Crippen LogP contribution in [0.2, 0.25) is 0 Å². The lowest BCUT2D eigenvalue weighted by Gasteiger charge is -2.38. The Kier molecular flexibility index (Phi) is 2.94. The number of rotatable bonds is 3. The van der Waals surface area contributed by atoms with Crippen LogP contribution in [0.3, 0.4) is 0 Å². The summed E-state index contributed by atoms with van der Waals surface area (Å²) in [6.07, 6.45) is 5.12. The number of carbonyl (C=O) groups excluding carboxylic acids is 1. The molecule has 1 nitrogen and oxygen atoms in total. The Hall–Kier alpha value is -0.300. The first-order valence-corrected chi connectivity index (χ1v) is 4.84. The summed E-state index contributed by atoms with van der Waals surface area (Å²) < 4.78 is 0. The van der Waals surface area contributed by atoms with Crippen molar-refractivity contribution in [2.45, 2.75) is 33.1 Å². The van der Waals surface area contributed by atoms with Gasteiger partial charge in [0.25, 0.3) is 0 Å². The van der Waals surface area contributed by atoms with E-state index < -0.39 is 0 Å². The molecule has 1 fully saturated rings. The maximum atomic E-state index is 11.5. The summed E-state index contributed by atoms with van der Waals surface area (Å²) in [5, 5.41) is 0. The van der Waals surface area contributed by atoms with Gasteiger partial charge in [0.2, 0.25) is 0 Å². The molecule has 0 unspecified atom stereocenters. The maximum absolute atomic E-state index is 11.5. The molecule has 68 valence electrons. The van der Waals surface area contributed by atoms with E-state index in [0.29, 0.717) is 5.92 Å². The van der Waals surface area contributed by atoms with Crippen molar-refractivity contribution in [2.75, 3.05) is 0 Å². The average Bonchev–Trinajstić information content (AvgIpc) is 1.82. The molecule has 1 aliphatic carbocycles. The molecule has 0 radical (unpaired) electrons. The molecule has 12 heavy (non-hydrogen) atoms. The second-order valence-electron chi connectivity index (χ2n) is 4.01. The molecule has 0 atom stereocenters. The van der Waals surface area contributed by atoms with E-state index >= 15 is 0 Å². The van der Waals surface area contributed by atoms with Crippen molar-refractivity contribution in [3.05, 3.63) is 11.6 Å². The maximum Gasteiger partial charge on any atom is 0.162 e. The van der Waals surface area contributed by atoms with Crippen LogP contribution >= 0.6 is 11.6 Å². The van der Waals surface area contributed by atoms with Gasteiger partial charge in [-0.2, -0.15) is 0 Å². The smallest absolute Gasteiger partial charge is 0.162 e. The lowest BCUT2D eigenvalue weighted by atomic mass is 9.65. The minimum atomic E-state index is -0.205. The Labute approximate surface area is 78.8 Å². The summed E-state index contributed by atoms with van der Waals surface area (Å²) >= 11 is 5.37. The van der Waals surface area contributed by atoms with Crippen molar-refractivity contribution >= 4 is 17.4 Å². The zero-order chi connectivity index (χ0) is 9.19. The van der Waals surface area contributed by atoms with Gasteiger partial charge in [0.05, 0.1) is 0 Å². The number of allylic oxidation sites excluding steroid dienone is 1. The predicted octanol–water partition coefficient (Wildman–Crippen LogP) is 3.13. The van der Waals surface area contributed by atoms with Crippen molar-refractivity contribution in [3.63, 3.8) is 0 Å². The Morgan fingerprint density at radius 2 is 2.08 bits per heavy atom.